The number of H-pyrrole nitrogens is 1. The third-order valence-electron chi connectivity index (χ3n) is 3.91. The lowest BCUT2D eigenvalue weighted by atomic mass is 10.1. The summed E-state index contributed by atoms with van der Waals surface area (Å²) < 4.78 is 0. The summed E-state index contributed by atoms with van der Waals surface area (Å²) in [6.07, 6.45) is 1.69. The normalized spacial score (nSPS) is 12.0. The Hall–Kier alpha value is -2.95. The Labute approximate surface area is 139 Å². The van der Waals surface area contributed by atoms with Gasteiger partial charge in [0.1, 0.15) is 0 Å². The summed E-state index contributed by atoms with van der Waals surface area (Å²) in [5.41, 5.74) is 1.45. The van der Waals surface area contributed by atoms with Crippen LogP contribution in [-0.4, -0.2) is 21.9 Å². The van der Waals surface area contributed by atoms with E-state index >= 15 is 0 Å². The van der Waals surface area contributed by atoms with Gasteiger partial charge < -0.3 is 10.3 Å². The number of nitrogens with one attached hydrogen (secondary N) is 2. The molecule has 2 aromatic carbocycles. The van der Waals surface area contributed by atoms with Crippen molar-refractivity contribution in [3.8, 4) is 0 Å². The molecule has 0 saturated heterocycles. The third-order valence-corrected chi connectivity index (χ3v) is 3.91. The molecule has 1 aromatic heterocycles. The van der Waals surface area contributed by atoms with Crippen LogP contribution in [0.5, 0.6) is 0 Å². The second kappa shape index (κ2) is 7.08. The van der Waals surface area contributed by atoms with E-state index in [9.17, 15) is 9.59 Å². The van der Waals surface area contributed by atoms with Crippen LogP contribution in [-0.2, 0) is 6.42 Å². The molecule has 1 heterocycles. The number of para-hydroxylation sites is 1. The van der Waals surface area contributed by atoms with Crippen LogP contribution in [0.15, 0.2) is 59.4 Å². The quantitative estimate of drug-likeness (QED) is 0.758. The lowest BCUT2D eigenvalue weighted by Gasteiger charge is -2.13. The van der Waals surface area contributed by atoms with Gasteiger partial charge in [-0.05, 0) is 37.5 Å². The molecule has 2 N–H and O–H groups in total. The van der Waals surface area contributed by atoms with E-state index in [1.165, 1.54) is 5.56 Å². The predicted molar refractivity (Wildman–Crippen MR) is 94.1 cm³/mol. The molecule has 5 nitrogen and oxygen atoms in total. The smallest absolute Gasteiger partial charge is 0.287 e. The fourth-order valence-electron chi connectivity index (χ4n) is 2.59. The van der Waals surface area contributed by atoms with E-state index < -0.39 is 0 Å². The Morgan fingerprint density at radius 3 is 2.62 bits per heavy atom. The number of nitrogens with zero attached hydrogens (tertiary/aromatic N) is 1. The second-order valence-corrected chi connectivity index (χ2v) is 5.83. The third kappa shape index (κ3) is 3.68. The maximum absolute atomic E-state index is 12.3. The SMILES string of the molecule is C[C@@H](CCc1ccccc1)NC(=O)c1nc2ccccc2c(=O)[nH]1. The minimum Gasteiger partial charge on any atom is -0.347 e. The van der Waals surface area contributed by atoms with Gasteiger partial charge in [-0.25, -0.2) is 4.98 Å². The van der Waals surface area contributed by atoms with Crippen molar-refractivity contribution >= 4 is 16.8 Å². The number of hydrogen-bond donors (Lipinski definition) is 2. The van der Waals surface area contributed by atoms with Crippen LogP contribution in [0.3, 0.4) is 0 Å². The van der Waals surface area contributed by atoms with E-state index in [0.29, 0.717) is 10.9 Å². The largest absolute Gasteiger partial charge is 0.347 e. The Balaban J connectivity index is 1.67. The molecule has 3 rings (SSSR count). The lowest BCUT2D eigenvalue weighted by Crippen LogP contribution is -2.35. The van der Waals surface area contributed by atoms with Gasteiger partial charge in [0, 0.05) is 6.04 Å². The van der Waals surface area contributed by atoms with E-state index in [1.807, 2.05) is 25.1 Å². The number of aromatic amines is 1. The molecule has 122 valence electrons. The number of aromatic nitrogens is 2. The standard InChI is InChI=1S/C19H19N3O2/c1-13(11-12-14-7-3-2-4-8-14)20-19(24)17-21-16-10-6-5-9-15(16)18(23)22-17/h2-10,13H,11-12H2,1H3,(H,20,24)(H,21,22,23)/t13-/m0/s1. The van der Waals surface area contributed by atoms with Gasteiger partial charge in [0.25, 0.3) is 11.5 Å². The molecule has 1 atom stereocenters. The number of amides is 1. The molecule has 0 aliphatic carbocycles. The number of hydrogen-bond acceptors (Lipinski definition) is 3. The molecular weight excluding hydrogens is 302 g/mol. The monoisotopic (exact) mass is 321 g/mol. The summed E-state index contributed by atoms with van der Waals surface area (Å²) in [4.78, 5) is 31.1. The van der Waals surface area contributed by atoms with Gasteiger partial charge in [0.15, 0.2) is 5.82 Å². The van der Waals surface area contributed by atoms with Crippen molar-refractivity contribution in [3.05, 3.63) is 76.3 Å². The minimum atomic E-state index is -0.363. The first kappa shape index (κ1) is 15.9. The molecule has 0 fully saturated rings. The van der Waals surface area contributed by atoms with Crippen molar-refractivity contribution < 1.29 is 4.79 Å². The van der Waals surface area contributed by atoms with E-state index in [4.69, 9.17) is 0 Å². The zero-order valence-electron chi connectivity index (χ0n) is 13.5. The van der Waals surface area contributed by atoms with Crippen LogP contribution in [0.25, 0.3) is 10.9 Å². The van der Waals surface area contributed by atoms with Crippen molar-refractivity contribution in [2.45, 2.75) is 25.8 Å². The van der Waals surface area contributed by atoms with Crippen LogP contribution in [0.2, 0.25) is 0 Å². The fraction of sp³-hybridized carbons (Fsp3) is 0.211. The fourth-order valence-corrected chi connectivity index (χ4v) is 2.59. The van der Waals surface area contributed by atoms with Gasteiger partial charge in [0.05, 0.1) is 10.9 Å². The van der Waals surface area contributed by atoms with Gasteiger partial charge in [0.2, 0.25) is 0 Å². The van der Waals surface area contributed by atoms with Crippen molar-refractivity contribution in [2.75, 3.05) is 0 Å². The van der Waals surface area contributed by atoms with Crippen molar-refractivity contribution in [2.24, 2.45) is 0 Å². The second-order valence-electron chi connectivity index (χ2n) is 5.83. The van der Waals surface area contributed by atoms with Crippen LogP contribution < -0.4 is 10.9 Å². The maximum Gasteiger partial charge on any atom is 0.287 e. The summed E-state index contributed by atoms with van der Waals surface area (Å²) >= 11 is 0. The van der Waals surface area contributed by atoms with Crippen LogP contribution >= 0.6 is 0 Å². The number of carbonyl (C=O) groups is 1. The molecule has 0 bridgehead atoms. The number of benzene rings is 2. The highest BCUT2D eigenvalue weighted by molar-refractivity contribution is 5.92. The van der Waals surface area contributed by atoms with Gasteiger partial charge in [-0.15, -0.1) is 0 Å². The topological polar surface area (TPSA) is 74.8 Å². The lowest BCUT2D eigenvalue weighted by molar-refractivity contribution is 0.0928. The Bertz CT molecular complexity index is 903. The van der Waals surface area contributed by atoms with Gasteiger partial charge >= 0.3 is 0 Å². The van der Waals surface area contributed by atoms with Crippen LogP contribution in [0.1, 0.15) is 29.5 Å². The van der Waals surface area contributed by atoms with Crippen LogP contribution in [0, 0.1) is 0 Å². The van der Waals surface area contributed by atoms with Crippen LogP contribution in [0.4, 0.5) is 0 Å². The molecule has 0 aliphatic rings. The summed E-state index contributed by atoms with van der Waals surface area (Å²) in [7, 11) is 0. The first-order valence-electron chi connectivity index (χ1n) is 7.97. The summed E-state index contributed by atoms with van der Waals surface area (Å²) in [5, 5.41) is 3.36. The first-order valence-corrected chi connectivity index (χ1v) is 7.97. The van der Waals surface area contributed by atoms with Gasteiger partial charge in [-0.3, -0.25) is 9.59 Å². The highest BCUT2D eigenvalue weighted by Gasteiger charge is 2.13. The van der Waals surface area contributed by atoms with E-state index in [0.717, 1.165) is 12.8 Å². The molecule has 0 aliphatic heterocycles. The molecule has 3 aromatic rings. The molecule has 5 heteroatoms. The Morgan fingerprint density at radius 2 is 1.83 bits per heavy atom. The van der Waals surface area contributed by atoms with Gasteiger partial charge in [-0.1, -0.05) is 42.5 Å². The number of fused-ring (bicyclic) bond motifs is 1. The Morgan fingerprint density at radius 1 is 1.12 bits per heavy atom. The molecule has 24 heavy (non-hydrogen) atoms. The molecule has 1 amide bonds. The van der Waals surface area contributed by atoms with Crippen molar-refractivity contribution in [3.63, 3.8) is 0 Å². The minimum absolute atomic E-state index is 0.0190. The highest BCUT2D eigenvalue weighted by atomic mass is 16.2. The average Bonchev–Trinajstić information content (AvgIpc) is 2.61. The molecule has 0 unspecified atom stereocenters. The molecular formula is C19H19N3O2. The zero-order valence-corrected chi connectivity index (χ0v) is 13.5. The average molecular weight is 321 g/mol. The maximum atomic E-state index is 12.3. The molecule has 0 radical (unpaired) electrons. The summed E-state index contributed by atoms with van der Waals surface area (Å²) in [6, 6.07) is 17.1. The Kier molecular flexibility index (Phi) is 4.70. The van der Waals surface area contributed by atoms with Gasteiger partial charge in [-0.2, -0.15) is 0 Å². The first-order chi connectivity index (χ1) is 11.6. The van der Waals surface area contributed by atoms with E-state index in [-0.39, 0.29) is 23.3 Å². The predicted octanol–water partition coefficient (Wildman–Crippen LogP) is 2.67. The van der Waals surface area contributed by atoms with Crippen molar-refractivity contribution in [1.82, 2.24) is 15.3 Å². The highest BCUT2D eigenvalue weighted by Crippen LogP contribution is 2.07. The van der Waals surface area contributed by atoms with E-state index in [1.54, 1.807) is 24.3 Å². The molecule has 0 saturated carbocycles. The number of rotatable bonds is 5. The zero-order chi connectivity index (χ0) is 16.9. The summed E-state index contributed by atoms with van der Waals surface area (Å²) in [6.45, 7) is 1.94. The summed E-state index contributed by atoms with van der Waals surface area (Å²) in [5.74, 6) is -0.316. The van der Waals surface area contributed by atoms with E-state index in [2.05, 4.69) is 27.4 Å². The number of carbonyl (C=O) groups excluding carboxylic acids is 1. The molecule has 0 spiro atoms. The van der Waals surface area contributed by atoms with Crippen molar-refractivity contribution in [1.29, 1.82) is 0 Å². The number of aryl methyl sites for hydroxylation is 1.